The van der Waals surface area contributed by atoms with Crippen molar-refractivity contribution in [2.24, 2.45) is 0 Å². The van der Waals surface area contributed by atoms with E-state index in [9.17, 15) is 9.59 Å². The van der Waals surface area contributed by atoms with Crippen LogP contribution in [0, 0.1) is 0 Å². The predicted molar refractivity (Wildman–Crippen MR) is 86.4 cm³/mol. The van der Waals surface area contributed by atoms with Gasteiger partial charge in [-0.25, -0.2) is 0 Å². The number of benzene rings is 1. The molecule has 0 fully saturated rings. The van der Waals surface area contributed by atoms with Gasteiger partial charge in [-0.15, -0.1) is 0 Å². The fraction of sp³-hybridized carbons (Fsp3) is 0.500. The summed E-state index contributed by atoms with van der Waals surface area (Å²) in [6, 6.07) is 5.52. The molecule has 6 heteroatoms. The molecule has 0 spiro atoms. The van der Waals surface area contributed by atoms with Gasteiger partial charge in [0, 0.05) is 32.6 Å². The molecule has 0 saturated carbocycles. The molecule has 0 bridgehead atoms. The molecule has 22 heavy (non-hydrogen) atoms. The van der Waals surface area contributed by atoms with E-state index in [2.05, 4.69) is 10.2 Å². The zero-order valence-corrected chi connectivity index (χ0v) is 13.6. The minimum Gasteiger partial charge on any atom is -0.495 e. The fourth-order valence-electron chi connectivity index (χ4n) is 2.14. The maximum absolute atomic E-state index is 11.2. The van der Waals surface area contributed by atoms with Gasteiger partial charge in [-0.3, -0.25) is 9.59 Å². The van der Waals surface area contributed by atoms with Gasteiger partial charge in [0.2, 0.25) is 5.91 Å². The van der Waals surface area contributed by atoms with Crippen LogP contribution in [0.25, 0.3) is 0 Å². The summed E-state index contributed by atoms with van der Waals surface area (Å²) in [4.78, 5) is 24.1. The van der Waals surface area contributed by atoms with E-state index in [1.807, 2.05) is 19.1 Å². The van der Waals surface area contributed by atoms with Crippen molar-refractivity contribution in [1.82, 2.24) is 0 Å². The number of carbonyl (C=O) groups excluding carboxylic acids is 2. The Kier molecular flexibility index (Phi) is 7.22. The molecule has 0 atom stereocenters. The summed E-state index contributed by atoms with van der Waals surface area (Å²) in [5.74, 6) is 0.353. The first kappa shape index (κ1) is 17.8. The zero-order valence-electron chi connectivity index (χ0n) is 13.6. The van der Waals surface area contributed by atoms with Crippen molar-refractivity contribution < 1.29 is 19.1 Å². The number of rotatable bonds is 8. The Morgan fingerprint density at radius 1 is 1.27 bits per heavy atom. The second kappa shape index (κ2) is 8.92. The summed E-state index contributed by atoms with van der Waals surface area (Å²) in [6.45, 7) is 6.80. The predicted octanol–water partition coefficient (Wildman–Crippen LogP) is 2.43. The molecule has 0 aliphatic rings. The molecule has 6 nitrogen and oxygen atoms in total. The Labute approximate surface area is 131 Å². The van der Waals surface area contributed by atoms with Gasteiger partial charge in [-0.2, -0.15) is 0 Å². The van der Waals surface area contributed by atoms with Crippen LogP contribution in [0.5, 0.6) is 5.75 Å². The molecule has 1 rings (SSSR count). The van der Waals surface area contributed by atoms with Crippen LogP contribution in [0.3, 0.4) is 0 Å². The van der Waals surface area contributed by atoms with E-state index in [-0.39, 0.29) is 11.9 Å². The molecule has 0 radical (unpaired) electrons. The lowest BCUT2D eigenvalue weighted by Gasteiger charge is -2.25. The summed E-state index contributed by atoms with van der Waals surface area (Å²) < 4.78 is 10.3. The molecule has 0 unspecified atom stereocenters. The zero-order chi connectivity index (χ0) is 16.5. The van der Waals surface area contributed by atoms with Gasteiger partial charge >= 0.3 is 5.97 Å². The third-order valence-corrected chi connectivity index (χ3v) is 3.10. The summed E-state index contributed by atoms with van der Waals surface area (Å²) in [5, 5.41) is 2.77. The van der Waals surface area contributed by atoms with E-state index in [1.165, 1.54) is 13.8 Å². The SMILES string of the molecule is CCN(CCCOC(C)=O)c1cc(NC(C)=O)ccc1OC. The second-order valence-electron chi connectivity index (χ2n) is 4.84. The van der Waals surface area contributed by atoms with Crippen LogP contribution in [-0.2, 0) is 14.3 Å². The highest BCUT2D eigenvalue weighted by Crippen LogP contribution is 2.31. The van der Waals surface area contributed by atoms with Gasteiger partial charge in [0.1, 0.15) is 5.75 Å². The Balaban J connectivity index is 2.83. The molecule has 1 aromatic rings. The summed E-state index contributed by atoms with van der Waals surface area (Å²) in [7, 11) is 1.61. The molecule has 0 aliphatic heterocycles. The van der Waals surface area contributed by atoms with Crippen LogP contribution in [0.15, 0.2) is 18.2 Å². The van der Waals surface area contributed by atoms with E-state index >= 15 is 0 Å². The first-order valence-electron chi connectivity index (χ1n) is 7.31. The van der Waals surface area contributed by atoms with Crippen LogP contribution in [0.1, 0.15) is 27.2 Å². The lowest BCUT2D eigenvalue weighted by molar-refractivity contribution is -0.141. The lowest BCUT2D eigenvalue weighted by atomic mass is 10.2. The van der Waals surface area contributed by atoms with E-state index in [0.29, 0.717) is 6.61 Å². The second-order valence-corrected chi connectivity index (χ2v) is 4.84. The number of nitrogens with one attached hydrogen (secondary N) is 1. The fourth-order valence-corrected chi connectivity index (χ4v) is 2.14. The average molecular weight is 308 g/mol. The molecular weight excluding hydrogens is 284 g/mol. The van der Waals surface area contributed by atoms with Gasteiger partial charge in [-0.1, -0.05) is 0 Å². The van der Waals surface area contributed by atoms with Crippen molar-refractivity contribution in [3.05, 3.63) is 18.2 Å². The Hall–Kier alpha value is -2.24. The number of methoxy groups -OCH3 is 1. The van der Waals surface area contributed by atoms with Gasteiger partial charge in [0.05, 0.1) is 19.4 Å². The molecule has 0 saturated heterocycles. The number of amides is 1. The number of hydrogen-bond acceptors (Lipinski definition) is 5. The first-order valence-corrected chi connectivity index (χ1v) is 7.31. The van der Waals surface area contributed by atoms with Crippen molar-refractivity contribution in [2.75, 3.05) is 37.0 Å². The highest BCUT2D eigenvalue weighted by Gasteiger charge is 2.12. The summed E-state index contributed by atoms with van der Waals surface area (Å²) in [5.41, 5.74) is 1.63. The van der Waals surface area contributed by atoms with Crippen LogP contribution >= 0.6 is 0 Å². The van der Waals surface area contributed by atoms with Crippen molar-refractivity contribution in [3.8, 4) is 5.75 Å². The van der Waals surface area contributed by atoms with E-state index in [4.69, 9.17) is 9.47 Å². The van der Waals surface area contributed by atoms with Crippen molar-refractivity contribution in [1.29, 1.82) is 0 Å². The molecule has 1 amide bonds. The number of anilines is 2. The van der Waals surface area contributed by atoms with Crippen molar-refractivity contribution >= 4 is 23.3 Å². The molecule has 1 N–H and O–H groups in total. The number of nitrogens with zero attached hydrogens (tertiary/aromatic N) is 1. The highest BCUT2D eigenvalue weighted by atomic mass is 16.5. The van der Waals surface area contributed by atoms with Crippen LogP contribution in [0.4, 0.5) is 11.4 Å². The quantitative estimate of drug-likeness (QED) is 0.590. The van der Waals surface area contributed by atoms with Crippen LogP contribution < -0.4 is 15.0 Å². The Morgan fingerprint density at radius 3 is 2.55 bits per heavy atom. The summed E-state index contributed by atoms with van der Waals surface area (Å²) >= 11 is 0. The Bertz CT molecular complexity index is 517. The third-order valence-electron chi connectivity index (χ3n) is 3.10. The molecule has 0 heterocycles. The maximum atomic E-state index is 11.2. The highest BCUT2D eigenvalue weighted by molar-refractivity contribution is 5.89. The molecule has 122 valence electrons. The van der Waals surface area contributed by atoms with E-state index in [1.54, 1.807) is 13.2 Å². The molecule has 0 aliphatic carbocycles. The number of carbonyl (C=O) groups is 2. The standard InChI is InChI=1S/C16H24N2O4/c1-5-18(9-6-10-22-13(3)20)15-11-14(17-12(2)19)7-8-16(15)21-4/h7-8,11H,5-6,9-10H2,1-4H3,(H,17,19). The van der Waals surface area contributed by atoms with Crippen LogP contribution in [-0.4, -0.2) is 38.7 Å². The van der Waals surface area contributed by atoms with Crippen molar-refractivity contribution in [2.45, 2.75) is 27.2 Å². The number of esters is 1. The number of ether oxygens (including phenoxy) is 2. The topological polar surface area (TPSA) is 67.9 Å². The number of hydrogen-bond donors (Lipinski definition) is 1. The van der Waals surface area contributed by atoms with E-state index in [0.717, 1.165) is 36.6 Å². The van der Waals surface area contributed by atoms with Gasteiger partial charge in [0.25, 0.3) is 0 Å². The van der Waals surface area contributed by atoms with E-state index < -0.39 is 0 Å². The largest absolute Gasteiger partial charge is 0.495 e. The summed E-state index contributed by atoms with van der Waals surface area (Å²) in [6.07, 6.45) is 0.723. The first-order chi connectivity index (χ1) is 10.5. The molecule has 0 aromatic heterocycles. The van der Waals surface area contributed by atoms with Gasteiger partial charge in [0.15, 0.2) is 0 Å². The normalized spacial score (nSPS) is 10.0. The van der Waals surface area contributed by atoms with Crippen molar-refractivity contribution in [3.63, 3.8) is 0 Å². The molecule has 1 aromatic carbocycles. The van der Waals surface area contributed by atoms with Gasteiger partial charge in [-0.05, 0) is 31.5 Å². The average Bonchev–Trinajstić information content (AvgIpc) is 2.46. The Morgan fingerprint density at radius 2 is 2.00 bits per heavy atom. The lowest BCUT2D eigenvalue weighted by Crippen LogP contribution is -2.25. The minimum absolute atomic E-state index is 0.117. The van der Waals surface area contributed by atoms with Crippen LogP contribution in [0.2, 0.25) is 0 Å². The third kappa shape index (κ3) is 5.63. The monoisotopic (exact) mass is 308 g/mol. The molecular formula is C16H24N2O4. The minimum atomic E-state index is -0.270. The maximum Gasteiger partial charge on any atom is 0.302 e. The van der Waals surface area contributed by atoms with Gasteiger partial charge < -0.3 is 19.7 Å². The smallest absolute Gasteiger partial charge is 0.302 e.